The van der Waals surface area contributed by atoms with E-state index in [4.69, 9.17) is 5.11 Å². The molecule has 2 fully saturated rings. The minimum Gasteiger partial charge on any atom is -0.393 e. The summed E-state index contributed by atoms with van der Waals surface area (Å²) in [5.74, 6) is 0.141. The van der Waals surface area contributed by atoms with Gasteiger partial charge >= 0.3 is 0 Å². The summed E-state index contributed by atoms with van der Waals surface area (Å²) in [5.41, 5.74) is 0.0185. The van der Waals surface area contributed by atoms with Crippen LogP contribution in [0.15, 0.2) is 30.3 Å². The van der Waals surface area contributed by atoms with Gasteiger partial charge in [-0.2, -0.15) is 0 Å². The molecule has 0 aromatic heterocycles. The van der Waals surface area contributed by atoms with E-state index in [9.17, 15) is 4.39 Å². The third-order valence-corrected chi connectivity index (χ3v) is 4.01. The standard InChI is InChI=1S/C13H16FNO/c14-13(9-16)11-7-15(8-12(11)13)6-10-4-2-1-3-5-10/h1-5,11-12,16H,6-9H2. The highest BCUT2D eigenvalue weighted by Crippen LogP contribution is 2.57. The van der Waals surface area contributed by atoms with Crippen molar-refractivity contribution < 1.29 is 9.50 Å². The summed E-state index contributed by atoms with van der Waals surface area (Å²) in [6.07, 6.45) is 0. The van der Waals surface area contributed by atoms with Crippen LogP contribution in [-0.4, -0.2) is 35.4 Å². The van der Waals surface area contributed by atoms with Crippen LogP contribution in [0.3, 0.4) is 0 Å². The second-order valence-electron chi connectivity index (χ2n) is 4.98. The van der Waals surface area contributed by atoms with Gasteiger partial charge in [0, 0.05) is 31.5 Å². The lowest BCUT2D eigenvalue weighted by molar-refractivity contribution is 0.104. The molecule has 2 atom stereocenters. The Hall–Kier alpha value is -0.930. The molecule has 0 spiro atoms. The van der Waals surface area contributed by atoms with Crippen LogP contribution in [0.4, 0.5) is 4.39 Å². The molecule has 1 aromatic carbocycles. The van der Waals surface area contributed by atoms with Crippen LogP contribution in [0, 0.1) is 11.8 Å². The van der Waals surface area contributed by atoms with Gasteiger partial charge in [0.2, 0.25) is 0 Å². The van der Waals surface area contributed by atoms with Crippen molar-refractivity contribution in [2.75, 3.05) is 19.7 Å². The zero-order valence-electron chi connectivity index (χ0n) is 9.14. The van der Waals surface area contributed by atoms with Crippen LogP contribution < -0.4 is 0 Å². The molecule has 1 aliphatic carbocycles. The number of hydrogen-bond donors (Lipinski definition) is 1. The summed E-state index contributed by atoms with van der Waals surface area (Å²) in [6.45, 7) is 2.17. The molecule has 86 valence electrons. The number of piperidine rings is 1. The van der Waals surface area contributed by atoms with Crippen molar-refractivity contribution in [3.63, 3.8) is 0 Å². The molecular weight excluding hydrogens is 205 g/mol. The number of aliphatic hydroxyl groups excluding tert-OH is 1. The van der Waals surface area contributed by atoms with Crippen LogP contribution in [0.2, 0.25) is 0 Å². The SMILES string of the molecule is OCC1(F)C2CN(Cc3ccccc3)CC21. The first-order valence-corrected chi connectivity index (χ1v) is 5.80. The van der Waals surface area contributed by atoms with Gasteiger partial charge in [0.15, 0.2) is 0 Å². The lowest BCUT2D eigenvalue weighted by atomic mass is 10.2. The molecule has 1 saturated heterocycles. The predicted octanol–water partition coefficient (Wildman–Crippen LogP) is 1.45. The number of halogens is 1. The highest BCUT2D eigenvalue weighted by molar-refractivity contribution is 5.20. The summed E-state index contributed by atoms with van der Waals surface area (Å²) in [7, 11) is 0. The van der Waals surface area contributed by atoms with Crippen molar-refractivity contribution >= 4 is 0 Å². The summed E-state index contributed by atoms with van der Waals surface area (Å²) in [6, 6.07) is 10.2. The summed E-state index contributed by atoms with van der Waals surface area (Å²) in [4.78, 5) is 2.28. The van der Waals surface area contributed by atoms with Crippen molar-refractivity contribution in [2.24, 2.45) is 11.8 Å². The van der Waals surface area contributed by atoms with Crippen molar-refractivity contribution in [2.45, 2.75) is 12.2 Å². The van der Waals surface area contributed by atoms with Crippen LogP contribution in [0.1, 0.15) is 5.56 Å². The summed E-state index contributed by atoms with van der Waals surface area (Å²) >= 11 is 0. The number of alkyl halides is 1. The Labute approximate surface area is 94.7 Å². The Bertz CT molecular complexity index is 369. The Balaban J connectivity index is 1.59. The van der Waals surface area contributed by atoms with Crippen molar-refractivity contribution in [1.29, 1.82) is 0 Å². The molecule has 1 heterocycles. The first kappa shape index (κ1) is 10.2. The topological polar surface area (TPSA) is 23.5 Å². The predicted molar refractivity (Wildman–Crippen MR) is 59.6 cm³/mol. The lowest BCUT2D eigenvalue weighted by Gasteiger charge is -2.21. The zero-order valence-corrected chi connectivity index (χ0v) is 9.14. The van der Waals surface area contributed by atoms with Gasteiger partial charge in [-0.15, -0.1) is 0 Å². The van der Waals surface area contributed by atoms with E-state index in [1.54, 1.807) is 0 Å². The highest BCUT2D eigenvalue weighted by atomic mass is 19.1. The van der Waals surface area contributed by atoms with Crippen LogP contribution in [-0.2, 0) is 6.54 Å². The van der Waals surface area contributed by atoms with E-state index in [-0.39, 0.29) is 18.4 Å². The van der Waals surface area contributed by atoms with E-state index in [0.29, 0.717) is 0 Å². The maximum atomic E-state index is 13.8. The molecule has 2 unspecified atom stereocenters. The van der Waals surface area contributed by atoms with E-state index in [2.05, 4.69) is 17.0 Å². The summed E-state index contributed by atoms with van der Waals surface area (Å²) in [5, 5.41) is 8.95. The number of nitrogens with zero attached hydrogens (tertiary/aromatic N) is 1. The van der Waals surface area contributed by atoms with Gasteiger partial charge in [0.25, 0.3) is 0 Å². The molecule has 3 heteroatoms. The molecule has 0 amide bonds. The minimum absolute atomic E-state index is 0.0706. The Morgan fingerprint density at radius 2 is 1.88 bits per heavy atom. The number of aliphatic hydroxyl groups is 1. The molecule has 0 bridgehead atoms. The van der Waals surface area contributed by atoms with Gasteiger partial charge in [0.05, 0.1) is 6.61 Å². The van der Waals surface area contributed by atoms with E-state index >= 15 is 0 Å². The smallest absolute Gasteiger partial charge is 0.142 e. The van der Waals surface area contributed by atoms with E-state index < -0.39 is 5.67 Å². The van der Waals surface area contributed by atoms with E-state index in [1.165, 1.54) is 5.56 Å². The first-order chi connectivity index (χ1) is 7.74. The lowest BCUT2D eigenvalue weighted by Crippen LogP contribution is -2.30. The third-order valence-electron chi connectivity index (χ3n) is 4.01. The fourth-order valence-corrected chi connectivity index (χ4v) is 2.96. The molecule has 1 N–H and O–H groups in total. The molecular formula is C13H16FNO. The highest BCUT2D eigenvalue weighted by Gasteiger charge is 2.69. The Morgan fingerprint density at radius 3 is 2.44 bits per heavy atom. The monoisotopic (exact) mass is 221 g/mol. The molecule has 1 aromatic rings. The van der Waals surface area contributed by atoms with E-state index in [0.717, 1.165) is 19.6 Å². The number of fused-ring (bicyclic) bond motifs is 1. The van der Waals surface area contributed by atoms with Gasteiger partial charge in [-0.3, -0.25) is 4.90 Å². The van der Waals surface area contributed by atoms with Crippen molar-refractivity contribution in [1.82, 2.24) is 4.90 Å². The number of hydrogen-bond acceptors (Lipinski definition) is 2. The van der Waals surface area contributed by atoms with Crippen molar-refractivity contribution in [3.8, 4) is 0 Å². The molecule has 0 radical (unpaired) electrons. The zero-order chi connectivity index (χ0) is 11.2. The fraction of sp³-hybridized carbons (Fsp3) is 0.538. The maximum absolute atomic E-state index is 13.8. The molecule has 2 nitrogen and oxygen atoms in total. The number of likely N-dealkylation sites (tertiary alicyclic amines) is 1. The second-order valence-corrected chi connectivity index (χ2v) is 4.98. The normalized spacial score (nSPS) is 37.4. The maximum Gasteiger partial charge on any atom is 0.142 e. The van der Waals surface area contributed by atoms with Gasteiger partial charge in [-0.05, 0) is 5.56 Å². The fourth-order valence-electron chi connectivity index (χ4n) is 2.96. The van der Waals surface area contributed by atoms with Crippen LogP contribution in [0.25, 0.3) is 0 Å². The Kier molecular flexibility index (Phi) is 2.26. The quantitative estimate of drug-likeness (QED) is 0.835. The van der Waals surface area contributed by atoms with Crippen LogP contribution >= 0.6 is 0 Å². The van der Waals surface area contributed by atoms with Crippen LogP contribution in [0.5, 0.6) is 0 Å². The number of rotatable bonds is 3. The summed E-state index contributed by atoms with van der Waals surface area (Å²) < 4.78 is 13.8. The van der Waals surface area contributed by atoms with Crippen molar-refractivity contribution in [3.05, 3.63) is 35.9 Å². The first-order valence-electron chi connectivity index (χ1n) is 5.80. The Morgan fingerprint density at radius 1 is 1.25 bits per heavy atom. The van der Waals surface area contributed by atoms with Gasteiger partial charge in [0.1, 0.15) is 5.67 Å². The molecule has 1 saturated carbocycles. The van der Waals surface area contributed by atoms with E-state index in [1.807, 2.05) is 18.2 Å². The second kappa shape index (κ2) is 3.54. The minimum atomic E-state index is -1.26. The van der Waals surface area contributed by atoms with Gasteiger partial charge in [-0.25, -0.2) is 4.39 Å². The molecule has 3 rings (SSSR count). The van der Waals surface area contributed by atoms with Gasteiger partial charge < -0.3 is 5.11 Å². The van der Waals surface area contributed by atoms with Gasteiger partial charge in [-0.1, -0.05) is 30.3 Å². The largest absolute Gasteiger partial charge is 0.393 e. The average Bonchev–Trinajstić information content (AvgIpc) is 2.69. The number of benzene rings is 1. The molecule has 1 aliphatic heterocycles. The third kappa shape index (κ3) is 1.46. The average molecular weight is 221 g/mol. The molecule has 2 aliphatic rings. The molecule has 16 heavy (non-hydrogen) atoms.